The van der Waals surface area contributed by atoms with Crippen molar-refractivity contribution in [2.24, 2.45) is 5.10 Å². The first kappa shape index (κ1) is 20.1. The van der Waals surface area contributed by atoms with E-state index in [1.807, 2.05) is 51.1 Å². The van der Waals surface area contributed by atoms with Crippen LogP contribution in [0, 0.1) is 0 Å². The van der Waals surface area contributed by atoms with Gasteiger partial charge in [0.15, 0.2) is 11.5 Å². The van der Waals surface area contributed by atoms with E-state index in [2.05, 4.69) is 15.6 Å². The molecule has 7 nitrogen and oxygen atoms in total. The highest BCUT2D eigenvalue weighted by Gasteiger charge is 2.23. The van der Waals surface area contributed by atoms with Gasteiger partial charge in [-0.15, -0.1) is 0 Å². The number of ether oxygens (including phenoxy) is 1. The van der Waals surface area contributed by atoms with E-state index in [-0.39, 0.29) is 17.1 Å². The third-order valence-corrected chi connectivity index (χ3v) is 4.29. The molecule has 0 unspecified atom stereocenters. The summed E-state index contributed by atoms with van der Waals surface area (Å²) in [6.07, 6.45) is 1.45. The van der Waals surface area contributed by atoms with Gasteiger partial charge in [-0.05, 0) is 42.0 Å². The molecule has 0 saturated carbocycles. The maximum Gasteiger partial charge on any atom is 0.290 e. The molecule has 0 spiro atoms. The lowest BCUT2D eigenvalue weighted by atomic mass is 9.92. The first-order valence-electron chi connectivity index (χ1n) is 9.16. The monoisotopic (exact) mass is 392 g/mol. The third-order valence-electron chi connectivity index (χ3n) is 4.29. The second kappa shape index (κ2) is 8.18. The van der Waals surface area contributed by atoms with Crippen molar-refractivity contribution in [3.8, 4) is 17.2 Å². The van der Waals surface area contributed by atoms with E-state index < -0.39 is 0 Å². The Kier molecular flexibility index (Phi) is 5.68. The van der Waals surface area contributed by atoms with Gasteiger partial charge in [0.1, 0.15) is 5.69 Å². The van der Waals surface area contributed by atoms with Crippen molar-refractivity contribution < 1.29 is 14.6 Å². The number of para-hydroxylation sites is 1. The van der Waals surface area contributed by atoms with Gasteiger partial charge in [0.25, 0.3) is 5.91 Å². The van der Waals surface area contributed by atoms with Crippen LogP contribution in [0.25, 0.3) is 5.69 Å². The fourth-order valence-electron chi connectivity index (χ4n) is 2.69. The second-order valence-electron chi connectivity index (χ2n) is 7.54. The molecule has 150 valence electrons. The van der Waals surface area contributed by atoms with Crippen LogP contribution < -0.4 is 10.2 Å². The number of nitrogens with zero attached hydrogens (tertiary/aromatic N) is 3. The first-order chi connectivity index (χ1) is 13.8. The van der Waals surface area contributed by atoms with E-state index in [1.54, 1.807) is 22.9 Å². The molecule has 0 atom stereocenters. The SMILES string of the molecule is COc1ccc(/C=N/NC(=O)c2cc(C(C)(C)C)nn2-c2ccccc2)cc1O. The standard InChI is InChI=1S/C22H24N4O3/c1-22(2,3)20-13-17(26(25-20)16-8-6-5-7-9-16)21(28)24-23-14-15-10-11-19(29-4)18(27)12-15/h5-14,27H,1-4H3,(H,24,28)/b23-14+. The summed E-state index contributed by atoms with van der Waals surface area (Å²) in [5, 5.41) is 18.5. The average Bonchev–Trinajstić information content (AvgIpc) is 3.15. The molecule has 0 radical (unpaired) electrons. The predicted molar refractivity (Wildman–Crippen MR) is 112 cm³/mol. The van der Waals surface area contributed by atoms with Crippen LogP contribution >= 0.6 is 0 Å². The van der Waals surface area contributed by atoms with E-state index >= 15 is 0 Å². The molecule has 1 aromatic heterocycles. The minimum atomic E-state index is -0.383. The van der Waals surface area contributed by atoms with Gasteiger partial charge >= 0.3 is 0 Å². The van der Waals surface area contributed by atoms with E-state index in [4.69, 9.17) is 4.74 Å². The number of phenolic OH excluding ortho intramolecular Hbond substituents is 1. The largest absolute Gasteiger partial charge is 0.504 e. The van der Waals surface area contributed by atoms with Crippen LogP contribution in [0.2, 0.25) is 0 Å². The molecule has 0 fully saturated rings. The summed E-state index contributed by atoms with van der Waals surface area (Å²) in [6, 6.07) is 16.1. The first-order valence-corrected chi connectivity index (χ1v) is 9.16. The number of aromatic nitrogens is 2. The number of phenols is 1. The van der Waals surface area contributed by atoms with Crippen LogP contribution in [0.15, 0.2) is 59.7 Å². The summed E-state index contributed by atoms with van der Waals surface area (Å²) in [5.74, 6) is -0.0155. The number of hydrazone groups is 1. The zero-order chi connectivity index (χ0) is 21.0. The van der Waals surface area contributed by atoms with Gasteiger partial charge in [0.2, 0.25) is 0 Å². The third kappa shape index (κ3) is 4.63. The number of carbonyl (C=O) groups excluding carboxylic acids is 1. The van der Waals surface area contributed by atoms with Crippen LogP contribution in [0.3, 0.4) is 0 Å². The molecule has 7 heteroatoms. The second-order valence-corrected chi connectivity index (χ2v) is 7.54. The Morgan fingerprint density at radius 2 is 1.90 bits per heavy atom. The molecule has 1 heterocycles. The minimum absolute atomic E-state index is 0.000232. The lowest BCUT2D eigenvalue weighted by molar-refractivity contribution is 0.0947. The van der Waals surface area contributed by atoms with Crippen LogP contribution in [0.5, 0.6) is 11.5 Å². The zero-order valence-corrected chi connectivity index (χ0v) is 16.9. The maximum atomic E-state index is 12.8. The molecule has 0 aliphatic rings. The maximum absolute atomic E-state index is 12.8. The quantitative estimate of drug-likeness (QED) is 0.512. The van der Waals surface area contributed by atoms with Gasteiger partial charge in [-0.3, -0.25) is 4.79 Å². The average molecular weight is 392 g/mol. The van der Waals surface area contributed by atoms with Crippen molar-refractivity contribution in [1.82, 2.24) is 15.2 Å². The van der Waals surface area contributed by atoms with Gasteiger partial charge in [-0.1, -0.05) is 39.0 Å². The summed E-state index contributed by atoms with van der Waals surface area (Å²) in [5.41, 5.74) is 4.91. The summed E-state index contributed by atoms with van der Waals surface area (Å²) in [4.78, 5) is 12.8. The Hall–Kier alpha value is -3.61. The molecular weight excluding hydrogens is 368 g/mol. The highest BCUT2D eigenvalue weighted by atomic mass is 16.5. The number of benzene rings is 2. The van der Waals surface area contributed by atoms with Gasteiger partial charge in [0, 0.05) is 5.41 Å². The Morgan fingerprint density at radius 3 is 2.52 bits per heavy atom. The molecule has 1 amide bonds. The molecule has 2 aromatic carbocycles. The molecular formula is C22H24N4O3. The number of hydrogen-bond acceptors (Lipinski definition) is 5. The fourth-order valence-corrected chi connectivity index (χ4v) is 2.69. The Morgan fingerprint density at radius 1 is 1.17 bits per heavy atom. The topological polar surface area (TPSA) is 88.7 Å². The number of carbonyl (C=O) groups is 1. The molecule has 29 heavy (non-hydrogen) atoms. The highest BCUT2D eigenvalue weighted by molar-refractivity contribution is 5.94. The number of rotatable bonds is 5. The molecule has 0 aliphatic heterocycles. The van der Waals surface area contributed by atoms with Crippen molar-refractivity contribution in [3.05, 3.63) is 71.5 Å². The molecule has 3 rings (SSSR count). The highest BCUT2D eigenvalue weighted by Crippen LogP contribution is 2.26. The van der Waals surface area contributed by atoms with E-state index in [0.29, 0.717) is 17.0 Å². The number of aromatic hydroxyl groups is 1. The van der Waals surface area contributed by atoms with Crippen LogP contribution in [-0.4, -0.2) is 34.1 Å². The molecule has 3 aromatic rings. The van der Waals surface area contributed by atoms with E-state index in [1.165, 1.54) is 19.4 Å². The Labute approximate surface area is 169 Å². The Bertz CT molecular complexity index is 1030. The fraction of sp³-hybridized carbons (Fsp3) is 0.227. The van der Waals surface area contributed by atoms with Crippen molar-refractivity contribution in [2.45, 2.75) is 26.2 Å². The smallest absolute Gasteiger partial charge is 0.290 e. The number of nitrogens with one attached hydrogen (secondary N) is 1. The normalized spacial score (nSPS) is 11.6. The summed E-state index contributed by atoms with van der Waals surface area (Å²) in [7, 11) is 1.48. The van der Waals surface area contributed by atoms with Crippen LogP contribution in [0.1, 0.15) is 42.5 Å². The molecule has 0 bridgehead atoms. The van der Waals surface area contributed by atoms with Crippen LogP contribution in [-0.2, 0) is 5.41 Å². The molecule has 0 saturated heterocycles. The lowest BCUT2D eigenvalue weighted by Gasteiger charge is -2.14. The minimum Gasteiger partial charge on any atom is -0.504 e. The van der Waals surface area contributed by atoms with Crippen molar-refractivity contribution in [1.29, 1.82) is 0 Å². The number of methoxy groups -OCH3 is 1. The molecule has 2 N–H and O–H groups in total. The van der Waals surface area contributed by atoms with Crippen LogP contribution in [0.4, 0.5) is 0 Å². The molecule has 0 aliphatic carbocycles. The van der Waals surface area contributed by atoms with Crippen molar-refractivity contribution in [3.63, 3.8) is 0 Å². The predicted octanol–water partition coefficient (Wildman–Crippen LogP) is 3.65. The number of amides is 1. The van der Waals surface area contributed by atoms with E-state index in [0.717, 1.165) is 11.4 Å². The number of hydrogen-bond donors (Lipinski definition) is 2. The zero-order valence-electron chi connectivity index (χ0n) is 16.9. The summed E-state index contributed by atoms with van der Waals surface area (Å²) >= 11 is 0. The van der Waals surface area contributed by atoms with Gasteiger partial charge < -0.3 is 9.84 Å². The summed E-state index contributed by atoms with van der Waals surface area (Å²) in [6.45, 7) is 6.13. The lowest BCUT2D eigenvalue weighted by Crippen LogP contribution is -2.21. The van der Waals surface area contributed by atoms with Gasteiger partial charge in [-0.2, -0.15) is 10.2 Å². The summed E-state index contributed by atoms with van der Waals surface area (Å²) < 4.78 is 6.63. The van der Waals surface area contributed by atoms with Crippen molar-refractivity contribution >= 4 is 12.1 Å². The van der Waals surface area contributed by atoms with E-state index in [9.17, 15) is 9.90 Å². The van der Waals surface area contributed by atoms with Gasteiger partial charge in [-0.25, -0.2) is 10.1 Å². The van der Waals surface area contributed by atoms with Crippen molar-refractivity contribution in [2.75, 3.05) is 7.11 Å². The van der Waals surface area contributed by atoms with Gasteiger partial charge in [0.05, 0.1) is 24.7 Å². The Balaban J connectivity index is 1.85.